The van der Waals surface area contributed by atoms with E-state index in [2.05, 4.69) is 21.2 Å². The van der Waals surface area contributed by atoms with Crippen LogP contribution in [-0.4, -0.2) is 11.7 Å². The Morgan fingerprint density at radius 3 is 2.61 bits per heavy atom. The zero-order chi connectivity index (χ0) is 13.1. The quantitative estimate of drug-likeness (QED) is 0.801. The number of aliphatic hydroxyl groups excluding tert-OH is 1. The van der Waals surface area contributed by atoms with Gasteiger partial charge >= 0.3 is 0 Å². The van der Waals surface area contributed by atoms with Crippen molar-refractivity contribution < 1.29 is 5.11 Å². The maximum atomic E-state index is 9.47. The first kappa shape index (κ1) is 14.2. The molecule has 0 saturated carbocycles. The van der Waals surface area contributed by atoms with E-state index in [9.17, 15) is 5.11 Å². The summed E-state index contributed by atoms with van der Waals surface area (Å²) in [6, 6.07) is 9.10. The molecule has 0 spiro atoms. The zero-order valence-corrected chi connectivity index (χ0v) is 13.1. The summed E-state index contributed by atoms with van der Waals surface area (Å²) in [5.41, 5.74) is 0.791. The molecule has 1 unspecified atom stereocenters. The summed E-state index contributed by atoms with van der Waals surface area (Å²) in [6.07, 6.45) is 0. The average molecular weight is 367 g/mol. The molecule has 2 rings (SSSR count). The van der Waals surface area contributed by atoms with Crippen molar-refractivity contribution in [2.75, 3.05) is 11.9 Å². The fourth-order valence-electron chi connectivity index (χ4n) is 1.51. The molecule has 1 atom stereocenters. The molecule has 0 bridgehead atoms. The molecule has 2 aromatic rings. The van der Waals surface area contributed by atoms with Crippen molar-refractivity contribution in [2.45, 2.75) is 6.04 Å². The molecule has 0 fully saturated rings. The third kappa shape index (κ3) is 3.19. The van der Waals surface area contributed by atoms with Gasteiger partial charge in [-0.2, -0.15) is 0 Å². The topological polar surface area (TPSA) is 32.3 Å². The third-order valence-electron chi connectivity index (χ3n) is 2.39. The highest BCUT2D eigenvalue weighted by Crippen LogP contribution is 2.36. The molecule has 96 valence electrons. The number of halogens is 3. The highest BCUT2D eigenvalue weighted by molar-refractivity contribution is 9.10. The van der Waals surface area contributed by atoms with Crippen molar-refractivity contribution in [3.05, 3.63) is 49.0 Å². The summed E-state index contributed by atoms with van der Waals surface area (Å²) in [6.45, 7) is -0.0332. The van der Waals surface area contributed by atoms with E-state index in [1.54, 1.807) is 6.07 Å². The predicted molar refractivity (Wildman–Crippen MR) is 81.9 cm³/mol. The smallest absolute Gasteiger partial charge is 0.107 e. The number of aliphatic hydroxyl groups is 1. The van der Waals surface area contributed by atoms with Gasteiger partial charge in [-0.15, -0.1) is 11.3 Å². The van der Waals surface area contributed by atoms with E-state index in [-0.39, 0.29) is 12.6 Å². The first-order valence-corrected chi connectivity index (χ1v) is 7.55. The van der Waals surface area contributed by atoms with E-state index in [0.717, 1.165) is 15.0 Å². The molecule has 1 aromatic carbocycles. The van der Waals surface area contributed by atoms with Gasteiger partial charge in [0.05, 0.1) is 23.4 Å². The van der Waals surface area contributed by atoms with Gasteiger partial charge < -0.3 is 10.4 Å². The van der Waals surface area contributed by atoms with Gasteiger partial charge in [0.15, 0.2) is 0 Å². The molecule has 0 aliphatic rings. The molecular formula is C12H10BrCl2NOS. The lowest BCUT2D eigenvalue weighted by Crippen LogP contribution is -2.13. The van der Waals surface area contributed by atoms with Crippen molar-refractivity contribution in [1.29, 1.82) is 0 Å². The van der Waals surface area contributed by atoms with Crippen LogP contribution in [0.25, 0.3) is 0 Å². The Labute approximate surface area is 128 Å². The standard InChI is InChI=1S/C12H10BrCl2NOS/c13-7-5-11(18-12(7)15)10(6-17)16-9-4-2-1-3-8(9)14/h1-5,10,16-17H,6H2. The summed E-state index contributed by atoms with van der Waals surface area (Å²) in [5, 5.41) is 13.3. The van der Waals surface area contributed by atoms with Crippen molar-refractivity contribution >= 4 is 56.2 Å². The van der Waals surface area contributed by atoms with Crippen LogP contribution in [0.2, 0.25) is 9.36 Å². The largest absolute Gasteiger partial charge is 0.394 e. The Kier molecular flexibility index (Phi) is 4.92. The molecule has 0 radical (unpaired) electrons. The molecule has 0 aliphatic carbocycles. The van der Waals surface area contributed by atoms with Crippen LogP contribution < -0.4 is 5.32 Å². The van der Waals surface area contributed by atoms with E-state index in [1.807, 2.05) is 24.3 Å². The van der Waals surface area contributed by atoms with Gasteiger partial charge in [0.2, 0.25) is 0 Å². The van der Waals surface area contributed by atoms with Crippen LogP contribution in [0.3, 0.4) is 0 Å². The van der Waals surface area contributed by atoms with Crippen molar-refractivity contribution in [3.63, 3.8) is 0 Å². The Bertz CT molecular complexity index is 527. The minimum atomic E-state index is -0.223. The summed E-state index contributed by atoms with van der Waals surface area (Å²) in [5.74, 6) is 0. The molecule has 1 aromatic heterocycles. The van der Waals surface area contributed by atoms with Crippen LogP contribution in [0.15, 0.2) is 34.8 Å². The number of para-hydroxylation sites is 1. The van der Waals surface area contributed by atoms with Gasteiger partial charge in [-0.25, -0.2) is 0 Å². The Hall–Kier alpha value is -0.260. The van der Waals surface area contributed by atoms with Gasteiger partial charge in [0.1, 0.15) is 4.34 Å². The Morgan fingerprint density at radius 1 is 1.33 bits per heavy atom. The maximum absolute atomic E-state index is 9.47. The normalized spacial score (nSPS) is 12.4. The summed E-state index contributed by atoms with van der Waals surface area (Å²) >= 11 is 16.9. The second-order valence-corrected chi connectivity index (χ2v) is 6.58. The van der Waals surface area contributed by atoms with E-state index < -0.39 is 0 Å². The van der Waals surface area contributed by atoms with Gasteiger partial charge in [0, 0.05) is 9.35 Å². The minimum Gasteiger partial charge on any atom is -0.394 e. The lowest BCUT2D eigenvalue weighted by molar-refractivity contribution is 0.278. The number of thiophene rings is 1. The van der Waals surface area contributed by atoms with Gasteiger partial charge in [-0.05, 0) is 34.1 Å². The second kappa shape index (κ2) is 6.26. The number of hydrogen-bond acceptors (Lipinski definition) is 3. The third-order valence-corrected chi connectivity index (χ3v) is 5.31. The molecule has 18 heavy (non-hydrogen) atoms. The lowest BCUT2D eigenvalue weighted by atomic mass is 10.2. The monoisotopic (exact) mass is 365 g/mol. The van der Waals surface area contributed by atoms with Crippen molar-refractivity contribution in [3.8, 4) is 0 Å². The highest BCUT2D eigenvalue weighted by Gasteiger charge is 2.16. The molecule has 0 amide bonds. The molecule has 2 nitrogen and oxygen atoms in total. The SMILES string of the molecule is OCC(Nc1ccccc1Cl)c1cc(Br)c(Cl)s1. The maximum Gasteiger partial charge on any atom is 0.107 e. The molecule has 0 saturated heterocycles. The predicted octanol–water partition coefficient (Wildman–Crippen LogP) is 4.96. The zero-order valence-electron chi connectivity index (χ0n) is 9.16. The van der Waals surface area contributed by atoms with Crippen LogP contribution in [0.4, 0.5) is 5.69 Å². The highest BCUT2D eigenvalue weighted by atomic mass is 79.9. The second-order valence-electron chi connectivity index (χ2n) is 3.63. The minimum absolute atomic E-state index is 0.0332. The molecule has 6 heteroatoms. The first-order valence-electron chi connectivity index (χ1n) is 5.18. The van der Waals surface area contributed by atoms with Gasteiger partial charge in [-0.1, -0.05) is 35.3 Å². The molecule has 0 aliphatic heterocycles. The van der Waals surface area contributed by atoms with Crippen LogP contribution >= 0.6 is 50.5 Å². The Morgan fingerprint density at radius 2 is 2.06 bits per heavy atom. The number of hydrogen-bond donors (Lipinski definition) is 2. The van der Waals surface area contributed by atoms with E-state index >= 15 is 0 Å². The molecule has 2 N–H and O–H groups in total. The van der Waals surface area contributed by atoms with E-state index in [0.29, 0.717) is 9.36 Å². The summed E-state index contributed by atoms with van der Waals surface area (Å²) < 4.78 is 1.51. The first-order chi connectivity index (χ1) is 8.61. The van der Waals surface area contributed by atoms with Crippen LogP contribution in [-0.2, 0) is 0 Å². The number of benzene rings is 1. The summed E-state index contributed by atoms with van der Waals surface area (Å²) in [4.78, 5) is 0.953. The van der Waals surface area contributed by atoms with Crippen LogP contribution in [0, 0.1) is 0 Å². The number of rotatable bonds is 4. The van der Waals surface area contributed by atoms with E-state index in [1.165, 1.54) is 11.3 Å². The average Bonchev–Trinajstić information content (AvgIpc) is 2.68. The van der Waals surface area contributed by atoms with Gasteiger partial charge in [0.25, 0.3) is 0 Å². The van der Waals surface area contributed by atoms with Gasteiger partial charge in [-0.3, -0.25) is 0 Å². The Balaban J connectivity index is 2.22. The fraction of sp³-hybridized carbons (Fsp3) is 0.167. The summed E-state index contributed by atoms with van der Waals surface area (Å²) in [7, 11) is 0. The number of anilines is 1. The van der Waals surface area contributed by atoms with E-state index in [4.69, 9.17) is 23.2 Å². The lowest BCUT2D eigenvalue weighted by Gasteiger charge is -2.17. The van der Waals surface area contributed by atoms with Crippen molar-refractivity contribution in [2.24, 2.45) is 0 Å². The molecule has 1 heterocycles. The van der Waals surface area contributed by atoms with Crippen LogP contribution in [0.5, 0.6) is 0 Å². The number of nitrogens with one attached hydrogen (secondary N) is 1. The van der Waals surface area contributed by atoms with Crippen molar-refractivity contribution in [1.82, 2.24) is 0 Å². The molecular weight excluding hydrogens is 357 g/mol. The van der Waals surface area contributed by atoms with Crippen LogP contribution in [0.1, 0.15) is 10.9 Å². The fourth-order valence-corrected chi connectivity index (χ4v) is 3.48.